The molecule has 2 heterocycles. The van der Waals surface area contributed by atoms with Crippen LogP contribution in [0.3, 0.4) is 0 Å². The van der Waals surface area contributed by atoms with Crippen molar-refractivity contribution in [2.45, 2.75) is 44.6 Å². The van der Waals surface area contributed by atoms with E-state index >= 15 is 0 Å². The molecule has 1 aromatic heterocycles. The first-order valence-corrected chi connectivity index (χ1v) is 9.82. The minimum atomic E-state index is -0.960. The number of nitrogens with zero attached hydrogens (tertiary/aromatic N) is 2. The Morgan fingerprint density at radius 2 is 2.04 bits per heavy atom. The molecule has 2 fully saturated rings. The van der Waals surface area contributed by atoms with Crippen LogP contribution < -0.4 is 10.6 Å². The van der Waals surface area contributed by atoms with Crippen LogP contribution in [0.25, 0.3) is 0 Å². The summed E-state index contributed by atoms with van der Waals surface area (Å²) < 4.78 is 0. The van der Waals surface area contributed by atoms with Crippen molar-refractivity contribution in [3.63, 3.8) is 0 Å². The maximum absolute atomic E-state index is 12.7. The fraction of sp³-hybridized carbons (Fsp3) is 0.611. The summed E-state index contributed by atoms with van der Waals surface area (Å²) in [6.45, 7) is 0.938. The number of hydrogen-bond donors (Lipinski definition) is 3. The summed E-state index contributed by atoms with van der Waals surface area (Å²) in [6.07, 6.45) is 12.4. The molecule has 3 rings (SSSR count). The normalized spacial score (nSPS) is 19.8. The first-order valence-electron chi connectivity index (χ1n) is 8.94. The zero-order valence-corrected chi connectivity index (χ0v) is 15.5. The average molecular weight is 376 g/mol. The highest BCUT2D eigenvalue weighted by molar-refractivity contribution is 7.10. The third-order valence-electron chi connectivity index (χ3n) is 5.46. The van der Waals surface area contributed by atoms with E-state index in [1.807, 2.05) is 0 Å². The second-order valence-corrected chi connectivity index (χ2v) is 7.91. The van der Waals surface area contributed by atoms with Gasteiger partial charge in [-0.3, -0.25) is 10.1 Å². The summed E-state index contributed by atoms with van der Waals surface area (Å²) in [6, 6.07) is -1.55. The van der Waals surface area contributed by atoms with Crippen LogP contribution in [0.1, 0.15) is 43.5 Å². The van der Waals surface area contributed by atoms with Gasteiger partial charge >= 0.3 is 6.03 Å². The van der Waals surface area contributed by atoms with Gasteiger partial charge in [-0.25, -0.2) is 9.78 Å². The Morgan fingerprint density at radius 1 is 1.35 bits per heavy atom. The molecule has 1 saturated heterocycles. The molecule has 8 heteroatoms. The highest BCUT2D eigenvalue weighted by Crippen LogP contribution is 2.46. The molecule has 0 bridgehead atoms. The Kier molecular flexibility index (Phi) is 5.79. The third-order valence-corrected chi connectivity index (χ3v) is 6.23. The molecule has 26 heavy (non-hydrogen) atoms. The maximum atomic E-state index is 12.7. The molecule has 7 nitrogen and oxygen atoms in total. The van der Waals surface area contributed by atoms with Crippen molar-refractivity contribution in [2.24, 2.45) is 5.41 Å². The fourth-order valence-corrected chi connectivity index (χ4v) is 4.49. The lowest BCUT2D eigenvalue weighted by Gasteiger charge is -2.40. The Bertz CT molecular complexity index is 696. The molecule has 1 atom stereocenters. The number of urea groups is 1. The highest BCUT2D eigenvalue weighted by Gasteiger charge is 2.39. The minimum Gasteiger partial charge on any atom is -0.394 e. The van der Waals surface area contributed by atoms with Crippen LogP contribution in [0, 0.1) is 17.8 Å². The molecule has 0 radical (unpaired) electrons. The lowest BCUT2D eigenvalue weighted by molar-refractivity contribution is -0.136. The molecule has 1 spiro atoms. The number of terminal acetylenes is 1. The van der Waals surface area contributed by atoms with Crippen molar-refractivity contribution in [3.8, 4) is 12.3 Å². The quantitative estimate of drug-likeness (QED) is 0.698. The first-order chi connectivity index (χ1) is 12.5. The van der Waals surface area contributed by atoms with E-state index in [1.54, 1.807) is 10.3 Å². The lowest BCUT2D eigenvalue weighted by Crippen LogP contribution is -2.54. The number of thiazole rings is 1. The SMILES string of the molecule is C#Cc1nc(NC(=O)N[C@@H](CO)C(=O)N2CCC3(CCCC3)CC2)cs1. The predicted molar refractivity (Wildman–Crippen MR) is 99.8 cm³/mol. The highest BCUT2D eigenvalue weighted by atomic mass is 32.1. The topological polar surface area (TPSA) is 94.6 Å². The summed E-state index contributed by atoms with van der Waals surface area (Å²) in [7, 11) is 0. The number of hydrogen-bond acceptors (Lipinski definition) is 5. The molecular weight excluding hydrogens is 352 g/mol. The van der Waals surface area contributed by atoms with Gasteiger partial charge in [-0.2, -0.15) is 0 Å². The number of aliphatic hydroxyl groups is 1. The summed E-state index contributed by atoms with van der Waals surface area (Å²) in [5.74, 6) is 2.48. The summed E-state index contributed by atoms with van der Waals surface area (Å²) in [5, 5.41) is 16.7. The molecule has 3 N–H and O–H groups in total. The van der Waals surface area contributed by atoms with Gasteiger partial charge in [0.2, 0.25) is 5.91 Å². The van der Waals surface area contributed by atoms with Gasteiger partial charge in [-0.05, 0) is 37.0 Å². The van der Waals surface area contributed by atoms with Crippen molar-refractivity contribution in [3.05, 3.63) is 10.4 Å². The van der Waals surface area contributed by atoms with Gasteiger partial charge in [0.05, 0.1) is 6.61 Å². The van der Waals surface area contributed by atoms with Crippen molar-refractivity contribution in [2.75, 3.05) is 25.0 Å². The molecule has 0 unspecified atom stereocenters. The number of anilines is 1. The fourth-order valence-electron chi connectivity index (χ4n) is 3.94. The molecule has 1 saturated carbocycles. The van der Waals surface area contributed by atoms with Crippen LogP contribution >= 0.6 is 11.3 Å². The number of piperidine rings is 1. The molecule has 140 valence electrons. The van der Waals surface area contributed by atoms with Crippen molar-refractivity contribution >= 4 is 29.1 Å². The van der Waals surface area contributed by atoms with E-state index in [2.05, 4.69) is 21.5 Å². The van der Waals surface area contributed by atoms with Gasteiger partial charge in [-0.1, -0.05) is 12.8 Å². The third kappa shape index (κ3) is 4.17. The van der Waals surface area contributed by atoms with E-state index in [0.29, 0.717) is 29.3 Å². The van der Waals surface area contributed by atoms with Crippen LogP contribution in [0.4, 0.5) is 10.6 Å². The Labute approximate surface area is 157 Å². The molecule has 0 aromatic carbocycles. The van der Waals surface area contributed by atoms with Crippen LogP contribution in [-0.2, 0) is 4.79 Å². The summed E-state index contributed by atoms with van der Waals surface area (Å²) >= 11 is 1.24. The van der Waals surface area contributed by atoms with E-state index in [9.17, 15) is 14.7 Å². The van der Waals surface area contributed by atoms with Gasteiger partial charge in [0.25, 0.3) is 0 Å². The molecular formula is C18H24N4O3S. The number of amides is 3. The Morgan fingerprint density at radius 3 is 2.62 bits per heavy atom. The lowest BCUT2D eigenvalue weighted by atomic mass is 9.77. The Hall–Kier alpha value is -2.11. The van der Waals surface area contributed by atoms with E-state index in [1.165, 1.54) is 37.0 Å². The van der Waals surface area contributed by atoms with Gasteiger partial charge in [0.15, 0.2) is 5.01 Å². The van der Waals surface area contributed by atoms with Gasteiger partial charge in [-0.15, -0.1) is 17.8 Å². The van der Waals surface area contributed by atoms with E-state index in [0.717, 1.165) is 12.8 Å². The number of nitrogens with one attached hydrogen (secondary N) is 2. The number of carbonyl (C=O) groups is 2. The van der Waals surface area contributed by atoms with E-state index in [4.69, 9.17) is 6.42 Å². The average Bonchev–Trinajstić information content (AvgIpc) is 3.29. The second-order valence-electron chi connectivity index (χ2n) is 7.05. The number of aromatic nitrogens is 1. The summed E-state index contributed by atoms with van der Waals surface area (Å²) in [5.41, 5.74) is 0.412. The molecule has 1 aliphatic carbocycles. The first kappa shape index (κ1) is 18.7. The number of rotatable bonds is 4. The van der Waals surface area contributed by atoms with Crippen molar-refractivity contribution < 1.29 is 14.7 Å². The standard InChI is InChI=1S/C18H24N4O3S/c1-2-15-20-14(12-26-15)21-17(25)19-13(11-23)16(24)22-9-7-18(8-10-22)5-3-4-6-18/h1,12-13,23H,3-11H2,(H2,19,21,25)/t13-/m0/s1. The van der Waals surface area contributed by atoms with Crippen molar-refractivity contribution in [1.82, 2.24) is 15.2 Å². The molecule has 1 aromatic rings. The largest absolute Gasteiger partial charge is 0.394 e. The number of aliphatic hydroxyl groups excluding tert-OH is 1. The van der Waals surface area contributed by atoms with E-state index in [-0.39, 0.29) is 5.91 Å². The molecule has 1 aliphatic heterocycles. The number of carbonyl (C=O) groups excluding carboxylic acids is 2. The van der Waals surface area contributed by atoms with Crippen molar-refractivity contribution in [1.29, 1.82) is 0 Å². The molecule has 3 amide bonds. The van der Waals surface area contributed by atoms with Gasteiger partial charge < -0.3 is 15.3 Å². The predicted octanol–water partition coefficient (Wildman–Crippen LogP) is 1.79. The Balaban J connectivity index is 1.52. The zero-order valence-electron chi connectivity index (χ0n) is 14.7. The number of likely N-dealkylation sites (tertiary alicyclic amines) is 1. The maximum Gasteiger partial charge on any atom is 0.321 e. The zero-order chi connectivity index (χ0) is 18.6. The monoisotopic (exact) mass is 376 g/mol. The smallest absolute Gasteiger partial charge is 0.321 e. The van der Waals surface area contributed by atoms with Gasteiger partial charge in [0, 0.05) is 18.5 Å². The minimum absolute atomic E-state index is 0.238. The summed E-state index contributed by atoms with van der Waals surface area (Å²) in [4.78, 5) is 30.5. The van der Waals surface area contributed by atoms with E-state index < -0.39 is 18.7 Å². The van der Waals surface area contributed by atoms with Crippen LogP contribution in [0.5, 0.6) is 0 Å². The molecule has 2 aliphatic rings. The van der Waals surface area contributed by atoms with Crippen LogP contribution in [-0.4, -0.2) is 52.7 Å². The second kappa shape index (κ2) is 8.06. The van der Waals surface area contributed by atoms with Crippen LogP contribution in [0.15, 0.2) is 5.38 Å². The van der Waals surface area contributed by atoms with Gasteiger partial charge in [0.1, 0.15) is 11.9 Å². The van der Waals surface area contributed by atoms with Crippen LogP contribution in [0.2, 0.25) is 0 Å².